The van der Waals surface area contributed by atoms with Crippen LogP contribution in [0.3, 0.4) is 0 Å². The van der Waals surface area contributed by atoms with Crippen molar-refractivity contribution < 1.29 is 0 Å². The SMILES string of the molecule is CC1CNC2C1CC[C@H]2C. The molecular weight excluding hydrogens is 122 g/mol. The molecule has 1 aliphatic heterocycles. The lowest BCUT2D eigenvalue weighted by Crippen LogP contribution is -2.28. The van der Waals surface area contributed by atoms with E-state index in [-0.39, 0.29) is 0 Å². The zero-order valence-electron chi connectivity index (χ0n) is 6.93. The molecule has 1 N–H and O–H groups in total. The van der Waals surface area contributed by atoms with E-state index in [0.717, 1.165) is 23.8 Å². The third-order valence-electron chi connectivity index (χ3n) is 3.44. The summed E-state index contributed by atoms with van der Waals surface area (Å²) in [5.74, 6) is 2.89. The van der Waals surface area contributed by atoms with Crippen molar-refractivity contribution in [3.63, 3.8) is 0 Å². The molecule has 0 radical (unpaired) electrons. The van der Waals surface area contributed by atoms with Gasteiger partial charge in [0.1, 0.15) is 0 Å². The van der Waals surface area contributed by atoms with E-state index in [1.165, 1.54) is 19.4 Å². The summed E-state index contributed by atoms with van der Waals surface area (Å²) in [5.41, 5.74) is 0. The molecule has 1 heteroatoms. The van der Waals surface area contributed by atoms with E-state index in [1.807, 2.05) is 0 Å². The van der Waals surface area contributed by atoms with E-state index in [0.29, 0.717) is 0 Å². The summed E-state index contributed by atoms with van der Waals surface area (Å²) in [6.07, 6.45) is 2.92. The molecule has 2 fully saturated rings. The predicted octanol–water partition coefficient (Wildman–Crippen LogP) is 1.64. The molecule has 1 nitrogen and oxygen atoms in total. The van der Waals surface area contributed by atoms with Crippen LogP contribution in [0.2, 0.25) is 0 Å². The second-order valence-electron chi connectivity index (χ2n) is 4.13. The minimum absolute atomic E-state index is 0.870. The fourth-order valence-corrected chi connectivity index (χ4v) is 2.70. The van der Waals surface area contributed by atoms with E-state index in [4.69, 9.17) is 0 Å². The van der Waals surface area contributed by atoms with E-state index in [1.54, 1.807) is 0 Å². The number of rotatable bonds is 0. The first-order chi connectivity index (χ1) is 4.79. The maximum atomic E-state index is 3.62. The minimum Gasteiger partial charge on any atom is -0.313 e. The van der Waals surface area contributed by atoms with Crippen LogP contribution in [-0.2, 0) is 0 Å². The number of fused-ring (bicyclic) bond motifs is 1. The van der Waals surface area contributed by atoms with Gasteiger partial charge in [0, 0.05) is 6.04 Å². The van der Waals surface area contributed by atoms with E-state index >= 15 is 0 Å². The van der Waals surface area contributed by atoms with Crippen molar-refractivity contribution in [1.82, 2.24) is 5.32 Å². The number of hydrogen-bond acceptors (Lipinski definition) is 1. The quantitative estimate of drug-likeness (QED) is 0.538. The van der Waals surface area contributed by atoms with Crippen LogP contribution in [0.4, 0.5) is 0 Å². The second kappa shape index (κ2) is 2.23. The lowest BCUT2D eigenvalue weighted by atomic mass is 9.93. The van der Waals surface area contributed by atoms with Gasteiger partial charge >= 0.3 is 0 Å². The highest BCUT2D eigenvalue weighted by molar-refractivity contribution is 4.96. The monoisotopic (exact) mass is 139 g/mol. The maximum absolute atomic E-state index is 3.62. The van der Waals surface area contributed by atoms with Gasteiger partial charge in [-0.2, -0.15) is 0 Å². The van der Waals surface area contributed by atoms with Crippen molar-refractivity contribution in [1.29, 1.82) is 0 Å². The summed E-state index contributed by atoms with van der Waals surface area (Å²) in [7, 11) is 0. The minimum atomic E-state index is 0.870. The van der Waals surface area contributed by atoms with Crippen LogP contribution in [0, 0.1) is 17.8 Å². The fraction of sp³-hybridized carbons (Fsp3) is 1.00. The summed E-state index contributed by atoms with van der Waals surface area (Å²) in [5, 5.41) is 3.62. The Labute approximate surface area is 63.2 Å². The van der Waals surface area contributed by atoms with Crippen molar-refractivity contribution >= 4 is 0 Å². The average molecular weight is 139 g/mol. The van der Waals surface area contributed by atoms with Crippen LogP contribution in [0.5, 0.6) is 0 Å². The zero-order valence-corrected chi connectivity index (χ0v) is 6.93. The maximum Gasteiger partial charge on any atom is 0.0124 e. The summed E-state index contributed by atoms with van der Waals surface area (Å²) in [4.78, 5) is 0. The standard InChI is InChI=1S/C9H17N/c1-6-3-4-8-7(2)5-10-9(6)8/h6-10H,3-5H2,1-2H3/t6-,7?,8?,9?/m1/s1. The van der Waals surface area contributed by atoms with Gasteiger partial charge in [-0.25, -0.2) is 0 Å². The molecule has 0 bridgehead atoms. The van der Waals surface area contributed by atoms with Crippen molar-refractivity contribution in [3.05, 3.63) is 0 Å². The average Bonchev–Trinajstić information content (AvgIpc) is 2.41. The van der Waals surface area contributed by atoms with Gasteiger partial charge in [-0.1, -0.05) is 13.8 Å². The highest BCUT2D eigenvalue weighted by atomic mass is 15.0. The Kier molecular flexibility index (Phi) is 1.48. The van der Waals surface area contributed by atoms with Crippen molar-refractivity contribution in [2.75, 3.05) is 6.54 Å². The molecule has 1 aliphatic carbocycles. The summed E-state index contributed by atoms with van der Waals surface area (Å²) in [6, 6.07) is 0.870. The normalized spacial score (nSPS) is 53.4. The molecule has 10 heavy (non-hydrogen) atoms. The van der Waals surface area contributed by atoms with Gasteiger partial charge < -0.3 is 5.32 Å². The highest BCUT2D eigenvalue weighted by Gasteiger charge is 2.40. The zero-order chi connectivity index (χ0) is 7.14. The smallest absolute Gasteiger partial charge is 0.0124 e. The molecule has 1 heterocycles. The number of nitrogens with one attached hydrogen (secondary N) is 1. The molecule has 0 aromatic heterocycles. The molecule has 4 atom stereocenters. The van der Waals surface area contributed by atoms with Gasteiger partial charge in [0.25, 0.3) is 0 Å². The largest absolute Gasteiger partial charge is 0.313 e. The molecular formula is C9H17N. The Morgan fingerprint density at radius 3 is 2.60 bits per heavy atom. The molecule has 0 spiro atoms. The first-order valence-corrected chi connectivity index (χ1v) is 4.52. The molecule has 1 saturated carbocycles. The van der Waals surface area contributed by atoms with E-state index in [2.05, 4.69) is 19.2 Å². The lowest BCUT2D eigenvalue weighted by Gasteiger charge is -2.14. The summed E-state index contributed by atoms with van der Waals surface area (Å²) in [6.45, 7) is 6.03. The summed E-state index contributed by atoms with van der Waals surface area (Å²) < 4.78 is 0. The van der Waals surface area contributed by atoms with E-state index < -0.39 is 0 Å². The van der Waals surface area contributed by atoms with Gasteiger partial charge in [0.2, 0.25) is 0 Å². The summed E-state index contributed by atoms with van der Waals surface area (Å²) >= 11 is 0. The third kappa shape index (κ3) is 0.800. The van der Waals surface area contributed by atoms with Gasteiger partial charge in [0.15, 0.2) is 0 Å². The molecule has 1 saturated heterocycles. The molecule has 2 rings (SSSR count). The Morgan fingerprint density at radius 1 is 1.10 bits per heavy atom. The van der Waals surface area contributed by atoms with Crippen molar-refractivity contribution in [3.8, 4) is 0 Å². The molecule has 0 aromatic rings. The van der Waals surface area contributed by atoms with E-state index in [9.17, 15) is 0 Å². The Bertz CT molecular complexity index is 117. The molecule has 3 unspecified atom stereocenters. The first-order valence-electron chi connectivity index (χ1n) is 4.52. The molecule has 0 aromatic carbocycles. The van der Waals surface area contributed by atoms with Crippen molar-refractivity contribution in [2.45, 2.75) is 32.7 Å². The van der Waals surface area contributed by atoms with Gasteiger partial charge in [-0.3, -0.25) is 0 Å². The second-order valence-corrected chi connectivity index (χ2v) is 4.13. The first kappa shape index (κ1) is 6.66. The molecule has 2 aliphatic rings. The Balaban J connectivity index is 2.09. The van der Waals surface area contributed by atoms with Crippen LogP contribution in [0.15, 0.2) is 0 Å². The highest BCUT2D eigenvalue weighted by Crippen LogP contribution is 2.39. The van der Waals surface area contributed by atoms with Crippen LogP contribution in [0.25, 0.3) is 0 Å². The molecule has 58 valence electrons. The lowest BCUT2D eigenvalue weighted by molar-refractivity contribution is 0.401. The third-order valence-corrected chi connectivity index (χ3v) is 3.44. The Hall–Kier alpha value is -0.0400. The topological polar surface area (TPSA) is 12.0 Å². The van der Waals surface area contributed by atoms with Gasteiger partial charge in [-0.15, -0.1) is 0 Å². The Morgan fingerprint density at radius 2 is 1.90 bits per heavy atom. The van der Waals surface area contributed by atoms with Gasteiger partial charge in [0.05, 0.1) is 0 Å². The fourth-order valence-electron chi connectivity index (χ4n) is 2.70. The molecule has 0 amide bonds. The van der Waals surface area contributed by atoms with Crippen LogP contribution < -0.4 is 5.32 Å². The van der Waals surface area contributed by atoms with Gasteiger partial charge in [-0.05, 0) is 37.1 Å². The van der Waals surface area contributed by atoms with Crippen molar-refractivity contribution in [2.24, 2.45) is 17.8 Å². The van der Waals surface area contributed by atoms with Crippen LogP contribution in [-0.4, -0.2) is 12.6 Å². The predicted molar refractivity (Wildman–Crippen MR) is 42.8 cm³/mol. The number of hydrogen-bond donors (Lipinski definition) is 1. The van der Waals surface area contributed by atoms with Crippen LogP contribution in [0.1, 0.15) is 26.7 Å². The van der Waals surface area contributed by atoms with Crippen LogP contribution >= 0.6 is 0 Å².